The molecule has 4 aromatic rings. The molecule has 0 radical (unpaired) electrons. The second kappa shape index (κ2) is 7.79. The molecule has 0 amide bonds. The Labute approximate surface area is 173 Å². The van der Waals surface area contributed by atoms with Crippen LogP contribution < -0.4 is 0 Å². The summed E-state index contributed by atoms with van der Waals surface area (Å²) in [5.41, 5.74) is 6.89. The third-order valence-corrected chi connectivity index (χ3v) is 5.07. The normalized spacial score (nSPS) is 13.1. The number of aromatic nitrogens is 1. The molecule has 1 aliphatic rings. The van der Waals surface area contributed by atoms with Crippen molar-refractivity contribution in [2.24, 2.45) is 10.3 Å². The van der Waals surface area contributed by atoms with Crippen LogP contribution in [0, 0.1) is 5.82 Å². The van der Waals surface area contributed by atoms with Crippen molar-refractivity contribution in [3.05, 3.63) is 109 Å². The van der Waals surface area contributed by atoms with E-state index >= 15 is 0 Å². The third-order valence-electron chi connectivity index (χ3n) is 5.07. The summed E-state index contributed by atoms with van der Waals surface area (Å²) in [6.45, 7) is 0.599. The van der Waals surface area contributed by atoms with Gasteiger partial charge >= 0.3 is 0 Å². The summed E-state index contributed by atoms with van der Waals surface area (Å²) in [6.07, 6.45) is 1.79. The predicted molar refractivity (Wildman–Crippen MR) is 115 cm³/mol. The van der Waals surface area contributed by atoms with E-state index in [-0.39, 0.29) is 5.82 Å². The Hall–Kier alpha value is -3.99. The lowest BCUT2D eigenvalue weighted by Crippen LogP contribution is -2.11. The van der Waals surface area contributed by atoms with Crippen molar-refractivity contribution in [1.29, 1.82) is 0 Å². The van der Waals surface area contributed by atoms with Gasteiger partial charge in [-0.2, -0.15) is 0 Å². The number of halogens is 1. The van der Waals surface area contributed by atoms with Crippen molar-refractivity contribution in [2.75, 3.05) is 6.54 Å². The van der Waals surface area contributed by atoms with Crippen LogP contribution in [-0.2, 0) is 0 Å². The number of benzene rings is 3. The third kappa shape index (κ3) is 3.65. The minimum atomic E-state index is -0.232. The highest BCUT2D eigenvalue weighted by Gasteiger charge is 2.24. The maximum Gasteiger partial charge on any atom is 0.231 e. The van der Waals surface area contributed by atoms with Gasteiger partial charge in [-0.05, 0) is 47.5 Å². The van der Waals surface area contributed by atoms with E-state index < -0.39 is 0 Å². The Balaban J connectivity index is 1.33. The van der Waals surface area contributed by atoms with Gasteiger partial charge in [-0.25, -0.2) is 4.39 Å². The summed E-state index contributed by atoms with van der Waals surface area (Å²) in [7, 11) is 0. The Kier molecular flexibility index (Phi) is 4.69. The lowest BCUT2D eigenvalue weighted by molar-refractivity contribution is -0.492. The van der Waals surface area contributed by atoms with Crippen molar-refractivity contribution in [3.8, 4) is 22.4 Å². The zero-order valence-corrected chi connectivity index (χ0v) is 16.1. The molecular formula is C25H18FN4+. The molecule has 0 N–H and O–H groups in total. The average Bonchev–Trinajstić information content (AvgIpc) is 3.31. The predicted octanol–water partition coefficient (Wildman–Crippen LogP) is 6.07. The van der Waals surface area contributed by atoms with Crippen molar-refractivity contribution >= 4 is 11.4 Å². The highest BCUT2D eigenvalue weighted by molar-refractivity contribution is 6.02. The average molecular weight is 393 g/mol. The highest BCUT2D eigenvalue weighted by Crippen LogP contribution is 2.25. The molecule has 0 aliphatic carbocycles. The summed E-state index contributed by atoms with van der Waals surface area (Å²) in [6, 6.07) is 28.6. The fraction of sp³-hybridized carbons (Fsp3) is 0.0400. The first-order chi connectivity index (χ1) is 14.8. The number of hydrogen-bond acceptors (Lipinski definition) is 3. The van der Waals surface area contributed by atoms with Gasteiger partial charge in [0.1, 0.15) is 11.0 Å². The van der Waals surface area contributed by atoms with Crippen LogP contribution in [0.3, 0.4) is 0 Å². The van der Waals surface area contributed by atoms with Crippen molar-refractivity contribution < 1.29 is 9.09 Å². The molecule has 4 nitrogen and oxygen atoms in total. The van der Waals surface area contributed by atoms with E-state index in [1.807, 2.05) is 65.4 Å². The van der Waals surface area contributed by atoms with Crippen LogP contribution in [0.25, 0.3) is 22.4 Å². The van der Waals surface area contributed by atoms with Crippen molar-refractivity contribution in [1.82, 2.24) is 4.98 Å². The maximum absolute atomic E-state index is 13.1. The molecule has 0 unspecified atom stereocenters. The monoisotopic (exact) mass is 393 g/mol. The molecule has 0 atom stereocenters. The van der Waals surface area contributed by atoms with Gasteiger partial charge in [0.15, 0.2) is 12.2 Å². The molecule has 0 fully saturated rings. The Morgan fingerprint density at radius 1 is 0.700 bits per heavy atom. The van der Waals surface area contributed by atoms with Gasteiger partial charge in [-0.3, -0.25) is 4.98 Å². The molecule has 0 saturated heterocycles. The first-order valence-corrected chi connectivity index (χ1v) is 9.69. The maximum atomic E-state index is 13.1. The van der Waals surface area contributed by atoms with Gasteiger partial charge in [0.25, 0.3) is 0 Å². The van der Waals surface area contributed by atoms with Gasteiger partial charge < -0.3 is 0 Å². The quantitative estimate of drug-likeness (QED) is 0.388. The van der Waals surface area contributed by atoms with E-state index in [2.05, 4.69) is 21.4 Å². The summed E-state index contributed by atoms with van der Waals surface area (Å²) < 4.78 is 15.0. The lowest BCUT2D eigenvalue weighted by atomic mass is 10.0. The molecule has 0 bridgehead atoms. The van der Waals surface area contributed by atoms with Crippen molar-refractivity contribution in [3.63, 3.8) is 0 Å². The summed E-state index contributed by atoms with van der Waals surface area (Å²) in [4.78, 5) is 4.42. The van der Waals surface area contributed by atoms with E-state index in [0.29, 0.717) is 6.54 Å². The minimum Gasteiger partial charge on any atom is -0.256 e. The molecule has 2 heterocycles. The summed E-state index contributed by atoms with van der Waals surface area (Å²) in [5.74, 6) is -0.232. The van der Waals surface area contributed by atoms with Crippen LogP contribution in [0.1, 0.15) is 5.56 Å². The smallest absolute Gasteiger partial charge is 0.231 e. The molecule has 3 aromatic carbocycles. The highest BCUT2D eigenvalue weighted by atomic mass is 19.1. The number of hydrogen-bond donors (Lipinski definition) is 0. The van der Waals surface area contributed by atoms with E-state index in [4.69, 9.17) is 0 Å². The fourth-order valence-electron chi connectivity index (χ4n) is 3.46. The largest absolute Gasteiger partial charge is 0.256 e. The SMILES string of the molecule is Fc1ccc(-c2ccc(C3=NN=[N+](c4cccc(-c5ccccn5)c4)C3)cc2)cc1. The molecule has 30 heavy (non-hydrogen) atoms. The number of pyridine rings is 1. The van der Waals surface area contributed by atoms with Gasteiger partial charge in [-0.1, -0.05) is 54.6 Å². The topological polar surface area (TPSA) is 40.6 Å². The van der Waals surface area contributed by atoms with Crippen LogP contribution in [0.4, 0.5) is 10.1 Å². The Morgan fingerprint density at radius 3 is 2.17 bits per heavy atom. The van der Waals surface area contributed by atoms with Crippen LogP contribution in [0.2, 0.25) is 0 Å². The van der Waals surface area contributed by atoms with Crippen molar-refractivity contribution in [2.45, 2.75) is 0 Å². The minimum absolute atomic E-state index is 0.232. The zero-order valence-electron chi connectivity index (χ0n) is 16.1. The molecule has 144 valence electrons. The first-order valence-electron chi connectivity index (χ1n) is 9.69. The molecule has 5 rings (SSSR count). The summed E-state index contributed by atoms with van der Waals surface area (Å²) in [5, 5.41) is 8.73. The second-order valence-corrected chi connectivity index (χ2v) is 7.04. The first kappa shape index (κ1) is 18.1. The van der Waals surface area contributed by atoms with Gasteiger partial charge in [-0.15, -0.1) is 4.70 Å². The van der Waals surface area contributed by atoms with Gasteiger partial charge in [0, 0.05) is 17.3 Å². The molecule has 1 aliphatic heterocycles. The molecule has 5 heteroatoms. The standard InChI is InChI=1S/C25H18FN4/c26-22-13-11-19(12-14-22)18-7-9-20(10-8-18)25-17-30(29-28-25)23-5-3-4-21(16-23)24-6-1-2-15-27-24/h1-16H,17H2/q+1. The van der Waals surface area contributed by atoms with Crippen LogP contribution in [-0.4, -0.2) is 21.9 Å². The Bertz CT molecular complexity index is 1240. The molecule has 1 aromatic heterocycles. The van der Waals surface area contributed by atoms with E-state index in [0.717, 1.165) is 39.3 Å². The molecule has 0 saturated carbocycles. The van der Waals surface area contributed by atoms with E-state index in [1.165, 1.54) is 12.1 Å². The van der Waals surface area contributed by atoms with Crippen LogP contribution in [0.5, 0.6) is 0 Å². The van der Waals surface area contributed by atoms with Gasteiger partial charge in [0.05, 0.1) is 10.8 Å². The fourth-order valence-corrected chi connectivity index (χ4v) is 3.46. The lowest BCUT2D eigenvalue weighted by Gasteiger charge is -2.04. The zero-order chi connectivity index (χ0) is 20.3. The van der Waals surface area contributed by atoms with Gasteiger partial charge in [0.2, 0.25) is 5.71 Å². The van der Waals surface area contributed by atoms with Crippen LogP contribution in [0.15, 0.2) is 108 Å². The Morgan fingerprint density at radius 2 is 1.43 bits per heavy atom. The molecule has 0 spiro atoms. The number of nitrogens with zero attached hydrogens (tertiary/aromatic N) is 4. The summed E-state index contributed by atoms with van der Waals surface area (Å²) >= 11 is 0. The van der Waals surface area contributed by atoms with E-state index in [9.17, 15) is 4.39 Å². The van der Waals surface area contributed by atoms with Crippen LogP contribution >= 0.6 is 0 Å². The number of rotatable bonds is 4. The van der Waals surface area contributed by atoms with E-state index in [1.54, 1.807) is 18.3 Å². The second-order valence-electron chi connectivity index (χ2n) is 7.04. The molecular weight excluding hydrogens is 375 g/mol.